The summed E-state index contributed by atoms with van der Waals surface area (Å²) in [6.07, 6.45) is 4.36. The smallest absolute Gasteiger partial charge is 0.286 e. The summed E-state index contributed by atoms with van der Waals surface area (Å²) in [6, 6.07) is 1.96. The van der Waals surface area contributed by atoms with Crippen molar-refractivity contribution in [1.29, 1.82) is 0 Å². The van der Waals surface area contributed by atoms with Gasteiger partial charge in [-0.25, -0.2) is 0 Å². The average Bonchev–Trinajstić information content (AvgIpc) is 2.90. The number of carbonyl (C=O) groups excluding carboxylic acids is 1. The van der Waals surface area contributed by atoms with Crippen molar-refractivity contribution in [1.82, 2.24) is 25.0 Å². The monoisotopic (exact) mass is 261 g/mol. The number of nitrogens with two attached hydrogens (primary N) is 1. The lowest BCUT2D eigenvalue weighted by Gasteiger charge is -2.06. The molecular formula is C11H15N7O. The van der Waals surface area contributed by atoms with Gasteiger partial charge in [0.2, 0.25) is 11.8 Å². The van der Waals surface area contributed by atoms with Gasteiger partial charge in [-0.1, -0.05) is 0 Å². The number of hydrogen-bond acceptors (Lipinski definition) is 5. The van der Waals surface area contributed by atoms with E-state index in [9.17, 15) is 4.79 Å². The molecule has 1 saturated carbocycles. The number of nitrogens with zero attached hydrogens (tertiary/aromatic N) is 4. The first-order chi connectivity index (χ1) is 9.22. The molecular weight excluding hydrogens is 246 g/mol. The number of hydrogen-bond donors (Lipinski definition) is 3. The second kappa shape index (κ2) is 4.71. The van der Waals surface area contributed by atoms with E-state index in [-0.39, 0.29) is 5.82 Å². The lowest BCUT2D eigenvalue weighted by atomic mass is 10.4. The van der Waals surface area contributed by atoms with Crippen LogP contribution in [0.4, 0.5) is 5.95 Å². The zero-order valence-corrected chi connectivity index (χ0v) is 10.3. The minimum atomic E-state index is -0.626. The predicted molar refractivity (Wildman–Crippen MR) is 67.2 cm³/mol. The Morgan fingerprint density at radius 3 is 3.11 bits per heavy atom. The van der Waals surface area contributed by atoms with Crippen molar-refractivity contribution in [2.24, 2.45) is 11.7 Å². The number of H-pyrrole nitrogens is 1. The van der Waals surface area contributed by atoms with Crippen LogP contribution in [0.15, 0.2) is 12.3 Å². The summed E-state index contributed by atoms with van der Waals surface area (Å²) < 4.78 is 1.99. The zero-order chi connectivity index (χ0) is 13.2. The fourth-order valence-corrected chi connectivity index (χ4v) is 1.84. The van der Waals surface area contributed by atoms with E-state index in [0.29, 0.717) is 12.5 Å². The molecule has 1 amide bonds. The second-order valence-electron chi connectivity index (χ2n) is 4.67. The molecule has 0 aliphatic heterocycles. The normalized spacial score (nSPS) is 14.5. The van der Waals surface area contributed by atoms with Crippen LogP contribution in [0.25, 0.3) is 0 Å². The molecule has 2 heterocycles. The number of nitrogens with one attached hydrogen (secondary N) is 2. The van der Waals surface area contributed by atoms with E-state index in [1.807, 2.05) is 10.7 Å². The van der Waals surface area contributed by atoms with E-state index in [2.05, 4.69) is 25.6 Å². The molecule has 0 aromatic carbocycles. The average molecular weight is 261 g/mol. The van der Waals surface area contributed by atoms with Crippen molar-refractivity contribution in [2.75, 3.05) is 5.32 Å². The molecule has 0 bridgehead atoms. The fourth-order valence-electron chi connectivity index (χ4n) is 1.84. The van der Waals surface area contributed by atoms with Crippen LogP contribution >= 0.6 is 0 Å². The minimum Gasteiger partial charge on any atom is -0.363 e. The molecule has 2 aromatic rings. The largest absolute Gasteiger partial charge is 0.363 e. The van der Waals surface area contributed by atoms with Crippen molar-refractivity contribution in [3.63, 3.8) is 0 Å². The molecule has 1 fully saturated rings. The summed E-state index contributed by atoms with van der Waals surface area (Å²) in [6.45, 7) is 1.52. The second-order valence-corrected chi connectivity index (χ2v) is 4.67. The van der Waals surface area contributed by atoms with E-state index < -0.39 is 5.91 Å². The van der Waals surface area contributed by atoms with Crippen molar-refractivity contribution >= 4 is 11.9 Å². The third-order valence-corrected chi connectivity index (χ3v) is 3.08. The Bertz CT molecular complexity index is 583. The third kappa shape index (κ3) is 2.72. The molecule has 2 aromatic heterocycles. The predicted octanol–water partition coefficient (Wildman–Crippen LogP) is 0.122. The number of aromatic nitrogens is 5. The first-order valence-electron chi connectivity index (χ1n) is 6.19. The summed E-state index contributed by atoms with van der Waals surface area (Å²) in [4.78, 5) is 14.8. The fraction of sp³-hybridized carbons (Fsp3) is 0.455. The highest BCUT2D eigenvalue weighted by Gasteiger charge is 2.22. The molecule has 0 atom stereocenters. The van der Waals surface area contributed by atoms with E-state index in [1.54, 1.807) is 6.20 Å². The number of carbonyl (C=O) groups is 1. The topological polar surface area (TPSA) is 115 Å². The molecule has 0 saturated heterocycles. The van der Waals surface area contributed by atoms with E-state index in [4.69, 9.17) is 5.73 Å². The van der Waals surface area contributed by atoms with E-state index in [1.165, 1.54) is 12.8 Å². The SMILES string of the molecule is NC(=O)c1nc(NCc2ccnn2CC2CC2)n[nH]1. The lowest BCUT2D eigenvalue weighted by Crippen LogP contribution is -2.13. The highest BCUT2D eigenvalue weighted by Crippen LogP contribution is 2.30. The molecule has 0 unspecified atom stereocenters. The van der Waals surface area contributed by atoms with Crippen LogP contribution in [-0.2, 0) is 13.1 Å². The number of anilines is 1. The van der Waals surface area contributed by atoms with Crippen LogP contribution in [0.2, 0.25) is 0 Å². The summed E-state index contributed by atoms with van der Waals surface area (Å²) in [5.41, 5.74) is 6.16. The van der Waals surface area contributed by atoms with Crippen LogP contribution in [0.3, 0.4) is 0 Å². The summed E-state index contributed by atoms with van der Waals surface area (Å²) in [5.74, 6) is 0.546. The van der Waals surface area contributed by atoms with Crippen LogP contribution in [0.5, 0.6) is 0 Å². The minimum absolute atomic E-state index is 0.0500. The Balaban J connectivity index is 1.61. The molecule has 8 heteroatoms. The Hall–Kier alpha value is -2.38. The summed E-state index contributed by atoms with van der Waals surface area (Å²) in [7, 11) is 0. The van der Waals surface area contributed by atoms with E-state index in [0.717, 1.165) is 18.2 Å². The van der Waals surface area contributed by atoms with Gasteiger partial charge in [0, 0.05) is 12.7 Å². The lowest BCUT2D eigenvalue weighted by molar-refractivity contribution is 0.0991. The molecule has 1 aliphatic carbocycles. The van der Waals surface area contributed by atoms with Gasteiger partial charge < -0.3 is 11.1 Å². The Morgan fingerprint density at radius 1 is 1.58 bits per heavy atom. The maximum absolute atomic E-state index is 10.9. The van der Waals surface area contributed by atoms with Gasteiger partial charge in [-0.2, -0.15) is 10.1 Å². The molecule has 19 heavy (non-hydrogen) atoms. The molecule has 0 spiro atoms. The summed E-state index contributed by atoms with van der Waals surface area (Å²) in [5, 5.41) is 13.7. The van der Waals surface area contributed by atoms with Crippen LogP contribution in [0, 0.1) is 5.92 Å². The Morgan fingerprint density at radius 2 is 2.42 bits per heavy atom. The Kier molecular flexibility index (Phi) is 2.90. The first-order valence-corrected chi connectivity index (χ1v) is 6.19. The highest BCUT2D eigenvalue weighted by molar-refractivity contribution is 5.88. The summed E-state index contributed by atoms with van der Waals surface area (Å²) >= 11 is 0. The van der Waals surface area contributed by atoms with Crippen molar-refractivity contribution in [2.45, 2.75) is 25.9 Å². The third-order valence-electron chi connectivity index (χ3n) is 3.08. The van der Waals surface area contributed by atoms with Gasteiger partial charge in [0.25, 0.3) is 5.91 Å². The number of aromatic amines is 1. The highest BCUT2D eigenvalue weighted by atomic mass is 16.1. The van der Waals surface area contributed by atoms with Crippen molar-refractivity contribution < 1.29 is 4.79 Å². The molecule has 8 nitrogen and oxygen atoms in total. The maximum atomic E-state index is 10.9. The van der Waals surface area contributed by atoms with E-state index >= 15 is 0 Å². The van der Waals surface area contributed by atoms with Crippen LogP contribution in [-0.4, -0.2) is 30.9 Å². The number of primary amides is 1. The standard InChI is InChI=1S/C11H15N7O/c12-9(19)10-15-11(17-16-10)13-5-8-3-4-14-18(8)6-7-1-2-7/h3-4,7H,1-2,5-6H2,(H2,12,19)(H2,13,15,16,17). The van der Waals surface area contributed by atoms with Gasteiger partial charge in [0.15, 0.2) is 0 Å². The molecule has 1 aliphatic rings. The van der Waals surface area contributed by atoms with Gasteiger partial charge in [0.05, 0.1) is 12.2 Å². The van der Waals surface area contributed by atoms with Gasteiger partial charge in [-0.05, 0) is 24.8 Å². The molecule has 0 radical (unpaired) electrons. The van der Waals surface area contributed by atoms with Gasteiger partial charge in [-0.3, -0.25) is 14.6 Å². The first kappa shape index (κ1) is 11.7. The van der Waals surface area contributed by atoms with Crippen molar-refractivity contribution in [3.8, 4) is 0 Å². The van der Waals surface area contributed by atoms with Gasteiger partial charge >= 0.3 is 0 Å². The van der Waals surface area contributed by atoms with Crippen LogP contribution < -0.4 is 11.1 Å². The van der Waals surface area contributed by atoms with Gasteiger partial charge in [-0.15, -0.1) is 5.10 Å². The number of amides is 1. The molecule has 4 N–H and O–H groups in total. The maximum Gasteiger partial charge on any atom is 0.286 e. The van der Waals surface area contributed by atoms with Crippen LogP contribution in [0.1, 0.15) is 29.2 Å². The Labute approximate surface area is 109 Å². The van der Waals surface area contributed by atoms with Crippen molar-refractivity contribution in [3.05, 3.63) is 23.8 Å². The van der Waals surface area contributed by atoms with Gasteiger partial charge in [0.1, 0.15) is 0 Å². The zero-order valence-electron chi connectivity index (χ0n) is 10.3. The quantitative estimate of drug-likeness (QED) is 0.683. The number of rotatable bonds is 6. The molecule has 3 rings (SSSR count). The molecule has 100 valence electrons.